The van der Waals surface area contributed by atoms with E-state index >= 15 is 0 Å². The maximum atomic E-state index is 12.5. The summed E-state index contributed by atoms with van der Waals surface area (Å²) in [6, 6.07) is 12.2. The van der Waals surface area contributed by atoms with Gasteiger partial charge in [-0.05, 0) is 42.5 Å². The molecule has 2 amide bonds. The molecular formula is C19H15BrClN3O3S. The van der Waals surface area contributed by atoms with Crippen molar-refractivity contribution in [3.05, 3.63) is 68.0 Å². The van der Waals surface area contributed by atoms with Gasteiger partial charge < -0.3 is 15.4 Å². The summed E-state index contributed by atoms with van der Waals surface area (Å²) in [5, 5.41) is 8.41. The van der Waals surface area contributed by atoms with Crippen molar-refractivity contribution in [3.63, 3.8) is 0 Å². The first-order valence-corrected chi connectivity index (χ1v) is 10.2. The zero-order chi connectivity index (χ0) is 20.1. The average Bonchev–Trinajstić information content (AvgIpc) is 3.12. The molecule has 2 aromatic carbocycles. The summed E-state index contributed by atoms with van der Waals surface area (Å²) in [4.78, 5) is 28.2. The number of rotatable bonds is 6. The number of aromatic nitrogens is 1. The maximum Gasteiger partial charge on any atom is 0.275 e. The largest absolute Gasteiger partial charge is 0.486 e. The van der Waals surface area contributed by atoms with Gasteiger partial charge in [-0.3, -0.25) is 9.59 Å². The normalized spacial score (nSPS) is 10.4. The number of nitrogens with zero attached hydrogens (tertiary/aromatic N) is 1. The van der Waals surface area contributed by atoms with Gasteiger partial charge in [-0.15, -0.1) is 11.3 Å². The van der Waals surface area contributed by atoms with Gasteiger partial charge in [0.2, 0.25) is 5.91 Å². The molecule has 0 saturated carbocycles. The molecule has 2 N–H and O–H groups in total. The van der Waals surface area contributed by atoms with Crippen molar-refractivity contribution in [2.75, 3.05) is 10.6 Å². The highest BCUT2D eigenvalue weighted by Gasteiger charge is 2.14. The SMILES string of the molecule is CC(=O)Nc1ccc(Br)cc1NC(=O)c1csc(COc2ccc(Cl)cc2)n1. The average molecular weight is 481 g/mol. The van der Waals surface area contributed by atoms with Gasteiger partial charge >= 0.3 is 0 Å². The summed E-state index contributed by atoms with van der Waals surface area (Å²) in [6.07, 6.45) is 0. The summed E-state index contributed by atoms with van der Waals surface area (Å²) in [5.74, 6) is 0.0616. The van der Waals surface area contributed by atoms with Crippen LogP contribution >= 0.6 is 38.9 Å². The smallest absolute Gasteiger partial charge is 0.275 e. The third-order valence-corrected chi connectivity index (χ3v) is 5.07. The molecule has 1 heterocycles. The Bertz CT molecular complexity index is 1010. The van der Waals surface area contributed by atoms with Crippen LogP contribution in [0.5, 0.6) is 5.75 Å². The Morgan fingerprint density at radius 3 is 2.61 bits per heavy atom. The molecule has 0 atom stereocenters. The first-order valence-electron chi connectivity index (χ1n) is 8.12. The minimum Gasteiger partial charge on any atom is -0.486 e. The second-order valence-corrected chi connectivity index (χ2v) is 7.99. The minimum absolute atomic E-state index is 0.229. The maximum absolute atomic E-state index is 12.5. The number of benzene rings is 2. The Morgan fingerprint density at radius 1 is 1.14 bits per heavy atom. The van der Waals surface area contributed by atoms with Crippen LogP contribution in [-0.4, -0.2) is 16.8 Å². The van der Waals surface area contributed by atoms with Crippen LogP contribution in [0.15, 0.2) is 52.3 Å². The molecule has 3 aromatic rings. The fourth-order valence-corrected chi connectivity index (χ4v) is 3.43. The molecule has 0 spiro atoms. The van der Waals surface area contributed by atoms with E-state index < -0.39 is 0 Å². The van der Waals surface area contributed by atoms with Gasteiger partial charge in [-0.2, -0.15) is 0 Å². The molecule has 9 heteroatoms. The quantitative estimate of drug-likeness (QED) is 0.498. The fraction of sp³-hybridized carbons (Fsp3) is 0.105. The number of carbonyl (C=O) groups is 2. The summed E-state index contributed by atoms with van der Waals surface area (Å²) in [6.45, 7) is 1.65. The van der Waals surface area contributed by atoms with Crippen LogP contribution in [0.3, 0.4) is 0 Å². The van der Waals surface area contributed by atoms with E-state index in [1.165, 1.54) is 18.3 Å². The Kier molecular flexibility index (Phi) is 6.66. The summed E-state index contributed by atoms with van der Waals surface area (Å²) in [5.41, 5.74) is 1.25. The van der Waals surface area contributed by atoms with E-state index in [9.17, 15) is 9.59 Å². The van der Waals surface area contributed by atoms with Crippen molar-refractivity contribution in [1.29, 1.82) is 0 Å². The van der Waals surface area contributed by atoms with Crippen LogP contribution in [0.1, 0.15) is 22.4 Å². The van der Waals surface area contributed by atoms with Crippen molar-refractivity contribution in [3.8, 4) is 5.75 Å². The molecular weight excluding hydrogens is 466 g/mol. The number of hydrogen-bond donors (Lipinski definition) is 2. The third kappa shape index (κ3) is 5.54. The van der Waals surface area contributed by atoms with Gasteiger partial charge in [0.1, 0.15) is 23.1 Å². The number of hydrogen-bond acceptors (Lipinski definition) is 5. The van der Waals surface area contributed by atoms with Crippen molar-refractivity contribution in [1.82, 2.24) is 4.98 Å². The lowest BCUT2D eigenvalue weighted by Crippen LogP contribution is -2.15. The zero-order valence-electron chi connectivity index (χ0n) is 14.7. The fourth-order valence-electron chi connectivity index (χ4n) is 2.26. The van der Waals surface area contributed by atoms with Crippen LogP contribution in [0.25, 0.3) is 0 Å². The Morgan fingerprint density at radius 2 is 1.89 bits per heavy atom. The number of ether oxygens (including phenoxy) is 1. The second-order valence-electron chi connectivity index (χ2n) is 5.69. The van der Waals surface area contributed by atoms with Gasteiger partial charge in [0.25, 0.3) is 5.91 Å². The molecule has 0 radical (unpaired) electrons. The molecule has 28 heavy (non-hydrogen) atoms. The van der Waals surface area contributed by atoms with Crippen molar-refractivity contribution in [2.45, 2.75) is 13.5 Å². The minimum atomic E-state index is -0.376. The van der Waals surface area contributed by atoms with Crippen molar-refractivity contribution >= 4 is 62.1 Å². The standard InChI is InChI=1S/C19H15BrClN3O3S/c1-11(25)22-15-7-2-12(20)8-16(15)24-19(26)17-10-28-18(23-17)9-27-14-5-3-13(21)4-6-14/h2-8,10H,9H2,1H3,(H,22,25)(H,24,26). The van der Waals surface area contributed by atoms with E-state index in [0.29, 0.717) is 27.2 Å². The van der Waals surface area contributed by atoms with Crippen LogP contribution in [0, 0.1) is 0 Å². The van der Waals surface area contributed by atoms with E-state index in [-0.39, 0.29) is 24.1 Å². The van der Waals surface area contributed by atoms with Gasteiger partial charge in [0, 0.05) is 21.8 Å². The highest BCUT2D eigenvalue weighted by Crippen LogP contribution is 2.27. The predicted octanol–water partition coefficient (Wildman–Crippen LogP) is 5.35. The first kappa shape index (κ1) is 20.3. The number of amides is 2. The highest BCUT2D eigenvalue weighted by atomic mass is 79.9. The second kappa shape index (κ2) is 9.18. The molecule has 144 valence electrons. The van der Waals surface area contributed by atoms with Crippen molar-refractivity contribution in [2.24, 2.45) is 0 Å². The zero-order valence-corrected chi connectivity index (χ0v) is 17.8. The van der Waals surface area contributed by atoms with Gasteiger partial charge in [0.05, 0.1) is 11.4 Å². The van der Waals surface area contributed by atoms with Gasteiger partial charge in [-0.1, -0.05) is 27.5 Å². The number of anilines is 2. The van der Waals surface area contributed by atoms with E-state index in [1.54, 1.807) is 47.8 Å². The highest BCUT2D eigenvalue weighted by molar-refractivity contribution is 9.10. The molecule has 0 aliphatic rings. The summed E-state index contributed by atoms with van der Waals surface area (Å²) in [7, 11) is 0. The summed E-state index contributed by atoms with van der Waals surface area (Å²) >= 11 is 10.5. The Hall–Kier alpha value is -2.42. The van der Waals surface area contributed by atoms with Gasteiger partial charge in [-0.25, -0.2) is 4.98 Å². The van der Waals surface area contributed by atoms with Crippen molar-refractivity contribution < 1.29 is 14.3 Å². The molecule has 0 bridgehead atoms. The summed E-state index contributed by atoms with van der Waals surface area (Å²) < 4.78 is 6.41. The van der Waals surface area contributed by atoms with Gasteiger partial charge in [0.15, 0.2) is 0 Å². The molecule has 0 aliphatic carbocycles. The van der Waals surface area contributed by atoms with Crippen LogP contribution in [0.2, 0.25) is 5.02 Å². The van der Waals surface area contributed by atoms with Crippen LogP contribution < -0.4 is 15.4 Å². The van der Waals surface area contributed by atoms with Crippen LogP contribution in [0.4, 0.5) is 11.4 Å². The van der Waals surface area contributed by atoms with E-state index in [0.717, 1.165) is 4.47 Å². The lowest BCUT2D eigenvalue weighted by atomic mass is 10.2. The van der Waals surface area contributed by atoms with E-state index in [1.807, 2.05) is 0 Å². The number of thiazole rings is 1. The molecule has 3 rings (SSSR count). The third-order valence-electron chi connectivity index (χ3n) is 3.50. The molecule has 0 saturated heterocycles. The molecule has 1 aromatic heterocycles. The molecule has 6 nitrogen and oxygen atoms in total. The molecule has 0 unspecified atom stereocenters. The lowest BCUT2D eigenvalue weighted by molar-refractivity contribution is -0.114. The Labute approximate surface area is 179 Å². The molecule has 0 aliphatic heterocycles. The topological polar surface area (TPSA) is 80.3 Å². The first-order chi connectivity index (χ1) is 13.4. The number of halogens is 2. The van der Waals surface area contributed by atoms with E-state index in [2.05, 4.69) is 31.5 Å². The molecule has 0 fully saturated rings. The van der Waals surface area contributed by atoms with E-state index in [4.69, 9.17) is 16.3 Å². The number of carbonyl (C=O) groups excluding carboxylic acids is 2. The Balaban J connectivity index is 1.66. The van der Waals surface area contributed by atoms with Crippen LogP contribution in [-0.2, 0) is 11.4 Å². The predicted molar refractivity (Wildman–Crippen MR) is 114 cm³/mol. The monoisotopic (exact) mass is 479 g/mol. The number of nitrogens with one attached hydrogen (secondary N) is 2. The lowest BCUT2D eigenvalue weighted by Gasteiger charge is -2.11.